The van der Waals surface area contributed by atoms with E-state index in [2.05, 4.69) is 21.3 Å². The Balaban J connectivity index is 3.07. The first kappa shape index (κ1) is 7.26. The summed E-state index contributed by atoms with van der Waals surface area (Å²) in [6.45, 7) is 0. The van der Waals surface area contributed by atoms with Crippen molar-refractivity contribution >= 4 is 26.8 Å². The third kappa shape index (κ3) is 1.57. The van der Waals surface area contributed by atoms with E-state index < -0.39 is 5.97 Å². The lowest BCUT2D eigenvalue weighted by atomic mass is 10.3. The van der Waals surface area contributed by atoms with Crippen molar-refractivity contribution in [2.24, 2.45) is 0 Å². The maximum absolute atomic E-state index is 10.3. The quantitative estimate of drug-likeness (QED) is 0.551. The largest absolute Gasteiger partial charge is 0.478 e. The molecule has 1 N–H and O–H groups in total. The maximum atomic E-state index is 10.3. The lowest BCUT2D eigenvalue weighted by Crippen LogP contribution is -2.10. The van der Waals surface area contributed by atoms with Crippen molar-refractivity contribution in [3.63, 3.8) is 0 Å². The Morgan fingerprint density at radius 3 is 2.80 bits per heavy atom. The summed E-state index contributed by atoms with van der Waals surface area (Å²) in [7, 11) is 0. The van der Waals surface area contributed by atoms with Crippen LogP contribution in [0.2, 0.25) is 0 Å². The van der Waals surface area contributed by atoms with Crippen molar-refractivity contribution in [3.8, 4) is 0 Å². The molecule has 0 saturated carbocycles. The first-order valence-electron chi connectivity index (χ1n) is 2.65. The normalized spacial score (nSPS) is 9.20. The van der Waals surface area contributed by atoms with Gasteiger partial charge < -0.3 is 5.11 Å². The number of aromatic nitrogens is 1. The molecule has 0 unspecified atom stereocenters. The molecule has 3 nitrogen and oxygen atoms in total. The zero-order valence-corrected chi connectivity index (χ0v) is 6.27. The van der Waals surface area contributed by atoms with Crippen molar-refractivity contribution in [1.29, 1.82) is 0 Å². The van der Waals surface area contributed by atoms with Crippen LogP contribution in [-0.4, -0.2) is 32.4 Å². The molecule has 0 aliphatic heterocycles. The van der Waals surface area contributed by atoms with Crippen LogP contribution in [-0.2, 0) is 0 Å². The van der Waals surface area contributed by atoms with Gasteiger partial charge in [-0.05, 0) is 12.1 Å². The van der Waals surface area contributed by atoms with Crippen LogP contribution in [0.1, 0.15) is 10.4 Å². The lowest BCUT2D eigenvalue weighted by Gasteiger charge is -1.94. The second-order valence-electron chi connectivity index (χ2n) is 1.77. The predicted molar refractivity (Wildman–Crippen MR) is 36.6 cm³/mol. The van der Waals surface area contributed by atoms with Gasteiger partial charge in [-0.15, -0.1) is 0 Å². The molecule has 48 valence electrons. The molecule has 1 heterocycles. The topological polar surface area (TPSA) is 50.2 Å². The Morgan fingerprint density at radius 2 is 2.40 bits per heavy atom. The highest BCUT2D eigenvalue weighted by atomic mass is 27.0. The second-order valence-corrected chi connectivity index (χ2v) is 2.37. The molecule has 2 radical (unpaired) electrons. The zero-order valence-electron chi connectivity index (χ0n) is 5.11. The molecule has 0 fully saturated rings. The van der Waals surface area contributed by atoms with Gasteiger partial charge in [0.25, 0.3) is 0 Å². The van der Waals surface area contributed by atoms with Gasteiger partial charge in [0.2, 0.25) is 16.3 Å². The average molecular weight is 149 g/mol. The molecular weight excluding hydrogens is 145 g/mol. The first-order chi connectivity index (χ1) is 4.70. The second kappa shape index (κ2) is 2.82. The Morgan fingerprint density at radius 1 is 1.70 bits per heavy atom. The molecule has 0 atom stereocenters. The summed E-state index contributed by atoms with van der Waals surface area (Å²) in [4.78, 5) is 14.1. The van der Waals surface area contributed by atoms with Crippen molar-refractivity contribution in [1.82, 2.24) is 4.98 Å². The number of carboxylic acids is 1. The van der Waals surface area contributed by atoms with Gasteiger partial charge in [0.1, 0.15) is 0 Å². The minimum Gasteiger partial charge on any atom is -0.478 e. The third-order valence-corrected chi connectivity index (χ3v) is 1.34. The summed E-state index contributed by atoms with van der Waals surface area (Å²) in [6, 6.07) is 2.95. The van der Waals surface area contributed by atoms with Gasteiger partial charge in [0, 0.05) is 6.20 Å². The average Bonchev–Trinajstić information content (AvgIpc) is 1.88. The van der Waals surface area contributed by atoms with E-state index in [0.29, 0.717) is 4.56 Å². The summed E-state index contributed by atoms with van der Waals surface area (Å²) in [5.41, 5.74) is 0.264. The van der Waals surface area contributed by atoms with E-state index in [-0.39, 0.29) is 5.56 Å². The first-order valence-corrected chi connectivity index (χ1v) is 3.22. The van der Waals surface area contributed by atoms with Crippen molar-refractivity contribution in [3.05, 3.63) is 23.9 Å². The predicted octanol–water partition coefficient (Wildman–Crippen LogP) is -0.426. The van der Waals surface area contributed by atoms with Gasteiger partial charge in [0.15, 0.2) is 0 Å². The number of pyridine rings is 1. The number of hydrogen-bond donors (Lipinski definition) is 1. The molecule has 1 aromatic heterocycles. The highest BCUT2D eigenvalue weighted by Crippen LogP contribution is 1.91. The van der Waals surface area contributed by atoms with Crippen molar-refractivity contribution in [2.75, 3.05) is 0 Å². The van der Waals surface area contributed by atoms with E-state index in [1.165, 1.54) is 18.3 Å². The van der Waals surface area contributed by atoms with Crippen molar-refractivity contribution < 1.29 is 9.90 Å². The fraction of sp³-hybridized carbons (Fsp3) is 0. The molecule has 0 amide bonds. The van der Waals surface area contributed by atoms with Gasteiger partial charge in [-0.1, -0.05) is 4.56 Å². The van der Waals surface area contributed by atoms with Gasteiger partial charge >= 0.3 is 5.97 Å². The molecule has 0 bridgehead atoms. The molecular formula is C6H4AlNO2. The van der Waals surface area contributed by atoms with Crippen LogP contribution in [0.3, 0.4) is 0 Å². The van der Waals surface area contributed by atoms with E-state index in [1.807, 2.05) is 0 Å². The van der Waals surface area contributed by atoms with Crippen LogP contribution in [0, 0.1) is 0 Å². The summed E-state index contributed by atoms with van der Waals surface area (Å²) in [5.74, 6) is -0.925. The molecule has 1 aromatic rings. The molecule has 4 heteroatoms. The van der Waals surface area contributed by atoms with Crippen LogP contribution in [0.25, 0.3) is 0 Å². The number of nitrogens with zero attached hydrogens (tertiary/aromatic N) is 1. The van der Waals surface area contributed by atoms with E-state index in [0.717, 1.165) is 0 Å². The van der Waals surface area contributed by atoms with Gasteiger partial charge in [-0.25, -0.2) is 4.79 Å². The Labute approximate surface area is 66.1 Å². The lowest BCUT2D eigenvalue weighted by molar-refractivity contribution is 0.0697. The number of hydrogen-bond acceptors (Lipinski definition) is 2. The fourth-order valence-corrected chi connectivity index (χ4v) is 0.847. The monoisotopic (exact) mass is 149 g/mol. The summed E-state index contributed by atoms with van der Waals surface area (Å²) in [5, 5.41) is 8.47. The Kier molecular flexibility index (Phi) is 2.05. The summed E-state index contributed by atoms with van der Waals surface area (Å²) >= 11 is 2.33. The SMILES string of the molecule is O=C(O)c1ccn[c]([Al])c1. The standard InChI is InChI=1S/C6H4NO2.Al/c8-6(9)5-1-3-7-4-2-5;/h1-3H,(H,8,9);. The number of carboxylic acid groups (broad SMARTS) is 1. The molecule has 0 spiro atoms. The van der Waals surface area contributed by atoms with Crippen LogP contribution in [0.5, 0.6) is 0 Å². The van der Waals surface area contributed by atoms with Gasteiger partial charge in [-0.3, -0.25) is 4.98 Å². The maximum Gasteiger partial charge on any atom is 0.335 e. The minimum absolute atomic E-state index is 0.264. The summed E-state index contributed by atoms with van der Waals surface area (Å²) < 4.78 is 0.639. The van der Waals surface area contributed by atoms with Crippen LogP contribution < -0.4 is 4.56 Å². The Hall–Kier alpha value is -0.848. The van der Waals surface area contributed by atoms with Crippen LogP contribution >= 0.6 is 0 Å². The number of aromatic carboxylic acids is 1. The van der Waals surface area contributed by atoms with Gasteiger partial charge in [-0.2, -0.15) is 0 Å². The minimum atomic E-state index is -0.925. The smallest absolute Gasteiger partial charge is 0.335 e. The highest BCUT2D eigenvalue weighted by Gasteiger charge is 1.99. The van der Waals surface area contributed by atoms with Crippen LogP contribution in [0.4, 0.5) is 0 Å². The van der Waals surface area contributed by atoms with Gasteiger partial charge in [0.05, 0.1) is 5.56 Å². The number of carbonyl (C=O) groups is 1. The Bertz CT molecular complexity index is 262. The molecule has 0 aliphatic carbocycles. The van der Waals surface area contributed by atoms with E-state index in [9.17, 15) is 4.79 Å². The molecule has 0 aromatic carbocycles. The fourth-order valence-electron chi connectivity index (χ4n) is 0.581. The molecule has 10 heavy (non-hydrogen) atoms. The molecule has 1 rings (SSSR count). The summed E-state index contributed by atoms with van der Waals surface area (Å²) in [6.07, 6.45) is 1.46. The third-order valence-electron chi connectivity index (χ3n) is 1.03. The zero-order chi connectivity index (χ0) is 7.56. The van der Waals surface area contributed by atoms with Crippen molar-refractivity contribution in [2.45, 2.75) is 0 Å². The number of rotatable bonds is 1. The van der Waals surface area contributed by atoms with E-state index in [1.54, 1.807) is 0 Å². The molecule has 0 saturated heterocycles. The van der Waals surface area contributed by atoms with E-state index >= 15 is 0 Å². The van der Waals surface area contributed by atoms with Crippen LogP contribution in [0.15, 0.2) is 18.3 Å². The highest BCUT2D eigenvalue weighted by molar-refractivity contribution is 6.30. The van der Waals surface area contributed by atoms with E-state index in [4.69, 9.17) is 5.11 Å². The molecule has 0 aliphatic rings.